The van der Waals surface area contributed by atoms with Gasteiger partial charge in [0, 0.05) is 41.9 Å². The molecule has 1 saturated carbocycles. The van der Waals surface area contributed by atoms with E-state index in [-0.39, 0.29) is 29.7 Å². The lowest BCUT2D eigenvalue weighted by atomic mass is 9.70. The molecule has 0 aromatic heterocycles. The van der Waals surface area contributed by atoms with Crippen molar-refractivity contribution in [3.05, 3.63) is 86.8 Å². The van der Waals surface area contributed by atoms with Crippen molar-refractivity contribution in [2.75, 3.05) is 5.32 Å². The first-order valence-electron chi connectivity index (χ1n) is 14.0. The van der Waals surface area contributed by atoms with Crippen LogP contribution in [-0.4, -0.2) is 23.8 Å². The van der Waals surface area contributed by atoms with Crippen LogP contribution in [0.3, 0.4) is 0 Å². The number of carbonyl (C=O) groups is 3. The fraction of sp³-hybridized carbons (Fsp3) is 0.424. The number of ether oxygens (including phenoxy) is 1. The average molecular weight is 527 g/mol. The van der Waals surface area contributed by atoms with E-state index in [2.05, 4.69) is 43.5 Å². The Morgan fingerprint density at radius 2 is 1.67 bits per heavy atom. The summed E-state index contributed by atoms with van der Waals surface area (Å²) in [4.78, 5) is 39.5. The Morgan fingerprint density at radius 3 is 2.33 bits per heavy atom. The van der Waals surface area contributed by atoms with Crippen molar-refractivity contribution in [3.63, 3.8) is 0 Å². The molecule has 6 nitrogen and oxygen atoms in total. The summed E-state index contributed by atoms with van der Waals surface area (Å²) in [6.07, 6.45) is 4.86. The molecule has 1 heterocycles. The zero-order chi connectivity index (χ0) is 27.8. The third-order valence-corrected chi connectivity index (χ3v) is 8.31. The van der Waals surface area contributed by atoms with Gasteiger partial charge in [-0.15, -0.1) is 0 Å². The molecule has 2 unspecified atom stereocenters. The predicted molar refractivity (Wildman–Crippen MR) is 152 cm³/mol. The molecule has 2 N–H and O–H groups in total. The summed E-state index contributed by atoms with van der Waals surface area (Å²) >= 11 is 0. The molecule has 204 valence electrons. The fourth-order valence-electron chi connectivity index (χ4n) is 6.90. The zero-order valence-corrected chi connectivity index (χ0v) is 23.6. The summed E-state index contributed by atoms with van der Waals surface area (Å²) in [6, 6.07) is 11.8. The van der Waals surface area contributed by atoms with Crippen LogP contribution >= 0.6 is 0 Å². The predicted octanol–water partition coefficient (Wildman–Crippen LogP) is 6.42. The van der Waals surface area contributed by atoms with Crippen molar-refractivity contribution in [3.8, 4) is 0 Å². The fourth-order valence-corrected chi connectivity index (χ4v) is 6.90. The van der Waals surface area contributed by atoms with Crippen LogP contribution in [0.2, 0.25) is 0 Å². The third-order valence-electron chi connectivity index (χ3n) is 8.31. The van der Waals surface area contributed by atoms with Crippen LogP contribution in [-0.2, 0) is 19.1 Å². The summed E-state index contributed by atoms with van der Waals surface area (Å²) in [5.41, 5.74) is 9.01. The summed E-state index contributed by atoms with van der Waals surface area (Å²) in [5, 5.41) is 6.31. The summed E-state index contributed by atoms with van der Waals surface area (Å²) < 4.78 is 5.98. The van der Waals surface area contributed by atoms with Gasteiger partial charge in [-0.3, -0.25) is 9.59 Å². The lowest BCUT2D eigenvalue weighted by Gasteiger charge is -2.37. The van der Waals surface area contributed by atoms with Gasteiger partial charge in [-0.1, -0.05) is 29.8 Å². The molecular weight excluding hydrogens is 488 g/mol. The molecule has 0 bridgehead atoms. The van der Waals surface area contributed by atoms with Gasteiger partial charge < -0.3 is 15.4 Å². The normalized spacial score (nSPS) is 21.5. The molecule has 1 fully saturated rings. The molecule has 3 aliphatic rings. The quantitative estimate of drug-likeness (QED) is 0.440. The molecule has 1 amide bonds. The van der Waals surface area contributed by atoms with Gasteiger partial charge >= 0.3 is 5.97 Å². The van der Waals surface area contributed by atoms with Gasteiger partial charge in [0.05, 0.1) is 5.57 Å². The lowest BCUT2D eigenvalue weighted by Crippen LogP contribution is -2.36. The van der Waals surface area contributed by atoms with E-state index in [1.807, 2.05) is 31.2 Å². The highest BCUT2D eigenvalue weighted by Gasteiger charge is 2.42. The topological polar surface area (TPSA) is 84.5 Å². The van der Waals surface area contributed by atoms with E-state index in [1.54, 1.807) is 0 Å². The number of Topliss-reactive ketones (excluding diaryl/α,β-unsaturated/α-hetero) is 1. The van der Waals surface area contributed by atoms with Crippen LogP contribution in [0.4, 0.5) is 5.69 Å². The Bertz CT molecular complexity index is 1390. The number of hydrogen-bond acceptors (Lipinski definition) is 5. The molecule has 5 rings (SSSR count). The maximum Gasteiger partial charge on any atom is 0.337 e. The lowest BCUT2D eigenvalue weighted by molar-refractivity contribution is -0.144. The molecule has 2 aromatic carbocycles. The molecule has 2 aromatic rings. The highest BCUT2D eigenvalue weighted by atomic mass is 16.5. The standard InChI is InChI=1S/C33H38N2O4/c1-18-13-19(2)29(20(3)14-18)24-16-27-32(28(37)17-24)31(23-9-8-10-25(15-23)35-22(5)36)30(21(4)34-27)33(38)39-26-11-6-7-12-26/h8-10,13-15,24,26,31,34H,6-7,11-12,16-17H2,1-5H3,(H,35,36). The number of aryl methyl sites for hydroxylation is 3. The zero-order valence-electron chi connectivity index (χ0n) is 23.6. The molecule has 0 spiro atoms. The summed E-state index contributed by atoms with van der Waals surface area (Å²) in [5.74, 6) is -0.992. The van der Waals surface area contributed by atoms with E-state index in [4.69, 9.17) is 4.74 Å². The van der Waals surface area contributed by atoms with Gasteiger partial charge in [-0.2, -0.15) is 0 Å². The highest BCUT2D eigenvalue weighted by Crippen LogP contribution is 2.47. The number of esters is 1. The third kappa shape index (κ3) is 5.42. The Hall–Kier alpha value is -3.67. The SMILES string of the molecule is CC(=O)Nc1cccc(C2C(C(=O)OC3CCCC3)=C(C)NC3=C2C(=O)CC(c2c(C)cc(C)cc2C)C3)c1. The molecular formula is C33H38N2O4. The van der Waals surface area contributed by atoms with Crippen molar-refractivity contribution in [2.24, 2.45) is 0 Å². The highest BCUT2D eigenvalue weighted by molar-refractivity contribution is 6.04. The van der Waals surface area contributed by atoms with E-state index < -0.39 is 5.92 Å². The Balaban J connectivity index is 1.58. The Kier molecular flexibility index (Phi) is 7.48. The summed E-state index contributed by atoms with van der Waals surface area (Å²) in [6.45, 7) is 9.70. The number of benzene rings is 2. The maximum absolute atomic E-state index is 14.0. The van der Waals surface area contributed by atoms with Crippen LogP contribution in [0.15, 0.2) is 58.9 Å². The van der Waals surface area contributed by atoms with Crippen molar-refractivity contribution >= 4 is 23.3 Å². The van der Waals surface area contributed by atoms with Crippen molar-refractivity contribution in [2.45, 2.75) is 91.1 Å². The van der Waals surface area contributed by atoms with E-state index >= 15 is 0 Å². The molecule has 2 atom stereocenters. The number of hydrogen-bond donors (Lipinski definition) is 2. The molecule has 6 heteroatoms. The molecule has 0 saturated heterocycles. The van der Waals surface area contributed by atoms with Crippen LogP contribution in [0.25, 0.3) is 0 Å². The van der Waals surface area contributed by atoms with Crippen molar-refractivity contribution < 1.29 is 19.1 Å². The van der Waals surface area contributed by atoms with Crippen LogP contribution in [0, 0.1) is 20.8 Å². The molecule has 2 aliphatic carbocycles. The minimum absolute atomic E-state index is 0.0433. The smallest absolute Gasteiger partial charge is 0.337 e. The number of allylic oxidation sites excluding steroid dienone is 3. The van der Waals surface area contributed by atoms with Gasteiger partial charge in [0.25, 0.3) is 0 Å². The number of rotatable bonds is 5. The number of dihydropyridines is 1. The molecule has 1 aliphatic heterocycles. The van der Waals surface area contributed by atoms with Gasteiger partial charge in [0.15, 0.2) is 5.78 Å². The van der Waals surface area contributed by atoms with Gasteiger partial charge in [0.2, 0.25) is 5.91 Å². The van der Waals surface area contributed by atoms with Crippen molar-refractivity contribution in [1.29, 1.82) is 0 Å². The van der Waals surface area contributed by atoms with E-state index in [0.717, 1.165) is 42.6 Å². The second-order valence-electron chi connectivity index (χ2n) is 11.4. The van der Waals surface area contributed by atoms with Crippen LogP contribution in [0.5, 0.6) is 0 Å². The molecule has 0 radical (unpaired) electrons. The minimum atomic E-state index is -0.558. The first kappa shape index (κ1) is 26.9. The second kappa shape index (κ2) is 10.8. The Morgan fingerprint density at radius 1 is 0.974 bits per heavy atom. The van der Waals surface area contributed by atoms with Gasteiger partial charge in [-0.05, 0) is 100 Å². The van der Waals surface area contributed by atoms with Crippen molar-refractivity contribution in [1.82, 2.24) is 5.32 Å². The van der Waals surface area contributed by atoms with E-state index in [9.17, 15) is 14.4 Å². The number of ketones is 1. The summed E-state index contributed by atoms with van der Waals surface area (Å²) in [7, 11) is 0. The monoisotopic (exact) mass is 526 g/mol. The average Bonchev–Trinajstić information content (AvgIpc) is 3.35. The minimum Gasteiger partial charge on any atom is -0.459 e. The van der Waals surface area contributed by atoms with Crippen LogP contribution in [0.1, 0.15) is 92.0 Å². The first-order chi connectivity index (χ1) is 18.6. The van der Waals surface area contributed by atoms with Gasteiger partial charge in [-0.25, -0.2) is 4.79 Å². The second-order valence-corrected chi connectivity index (χ2v) is 11.4. The van der Waals surface area contributed by atoms with E-state index in [0.29, 0.717) is 29.7 Å². The first-order valence-corrected chi connectivity index (χ1v) is 14.0. The number of carbonyl (C=O) groups excluding carboxylic acids is 3. The maximum atomic E-state index is 14.0. The number of nitrogens with one attached hydrogen (secondary N) is 2. The molecule has 39 heavy (non-hydrogen) atoms. The number of anilines is 1. The van der Waals surface area contributed by atoms with E-state index in [1.165, 1.54) is 29.2 Å². The largest absolute Gasteiger partial charge is 0.459 e. The Labute approximate surface area is 230 Å². The van der Waals surface area contributed by atoms with Gasteiger partial charge in [0.1, 0.15) is 6.10 Å². The van der Waals surface area contributed by atoms with Crippen LogP contribution < -0.4 is 10.6 Å². The number of amides is 1.